The highest BCUT2D eigenvalue weighted by Gasteiger charge is 2.31. The van der Waals surface area contributed by atoms with Gasteiger partial charge >= 0.3 is 5.97 Å². The van der Waals surface area contributed by atoms with Crippen molar-refractivity contribution in [1.82, 2.24) is 5.32 Å². The Balaban J connectivity index is 1.32. The van der Waals surface area contributed by atoms with E-state index in [1.54, 1.807) is 47.7 Å². The SMILES string of the molecule is O=C(Oc1ccc(C2NC(=O)c3c(sc4c3CCCC4)N2)cc1)c1ccccc1. The van der Waals surface area contributed by atoms with E-state index in [2.05, 4.69) is 10.6 Å². The second kappa shape index (κ2) is 7.37. The lowest BCUT2D eigenvalue weighted by molar-refractivity contribution is 0.0734. The molecule has 1 atom stereocenters. The van der Waals surface area contributed by atoms with Crippen molar-refractivity contribution in [3.63, 3.8) is 0 Å². The molecule has 1 aromatic heterocycles. The normalized spacial score (nSPS) is 17.5. The Morgan fingerprint density at radius 2 is 1.72 bits per heavy atom. The fourth-order valence-corrected chi connectivity index (χ4v) is 5.23. The van der Waals surface area contributed by atoms with Gasteiger partial charge in [0.15, 0.2) is 0 Å². The van der Waals surface area contributed by atoms with E-state index in [0.29, 0.717) is 11.3 Å². The molecule has 29 heavy (non-hydrogen) atoms. The van der Waals surface area contributed by atoms with Crippen molar-refractivity contribution in [2.45, 2.75) is 31.8 Å². The Kier molecular flexibility index (Phi) is 4.56. The number of nitrogens with one attached hydrogen (secondary N) is 2. The van der Waals surface area contributed by atoms with Crippen LogP contribution in [0.3, 0.4) is 0 Å². The molecule has 1 unspecified atom stereocenters. The van der Waals surface area contributed by atoms with Crippen LogP contribution in [0.4, 0.5) is 5.00 Å². The van der Waals surface area contributed by atoms with Crippen LogP contribution >= 0.6 is 11.3 Å². The lowest BCUT2D eigenvalue weighted by atomic mass is 9.94. The average molecular weight is 404 g/mol. The summed E-state index contributed by atoms with van der Waals surface area (Å²) in [5.41, 5.74) is 3.47. The van der Waals surface area contributed by atoms with Crippen molar-refractivity contribution in [1.29, 1.82) is 0 Å². The fraction of sp³-hybridized carbons (Fsp3) is 0.217. The summed E-state index contributed by atoms with van der Waals surface area (Å²) in [6.45, 7) is 0. The lowest BCUT2D eigenvalue weighted by Gasteiger charge is -2.27. The highest BCUT2D eigenvalue weighted by molar-refractivity contribution is 7.16. The number of benzene rings is 2. The predicted molar refractivity (Wildman–Crippen MR) is 113 cm³/mol. The zero-order valence-corrected chi connectivity index (χ0v) is 16.6. The summed E-state index contributed by atoms with van der Waals surface area (Å²) in [6.07, 6.45) is 4.10. The van der Waals surface area contributed by atoms with Crippen molar-refractivity contribution in [2.24, 2.45) is 0 Å². The van der Waals surface area contributed by atoms with Gasteiger partial charge in [0, 0.05) is 4.88 Å². The summed E-state index contributed by atoms with van der Waals surface area (Å²) in [6, 6.07) is 16.1. The van der Waals surface area contributed by atoms with Gasteiger partial charge in [-0.15, -0.1) is 11.3 Å². The molecule has 3 aromatic rings. The average Bonchev–Trinajstić information content (AvgIpc) is 3.14. The Morgan fingerprint density at radius 3 is 2.52 bits per heavy atom. The van der Waals surface area contributed by atoms with Gasteiger partial charge in [0.1, 0.15) is 16.9 Å². The first-order valence-corrected chi connectivity index (χ1v) is 10.6. The summed E-state index contributed by atoms with van der Waals surface area (Å²) in [7, 11) is 0. The van der Waals surface area contributed by atoms with Gasteiger partial charge in [-0.25, -0.2) is 4.79 Å². The number of anilines is 1. The van der Waals surface area contributed by atoms with Crippen molar-refractivity contribution in [3.8, 4) is 5.75 Å². The third kappa shape index (κ3) is 3.40. The molecule has 5 rings (SSSR count). The molecular weight excluding hydrogens is 384 g/mol. The number of hydrogen-bond acceptors (Lipinski definition) is 5. The Labute approximate surface area is 172 Å². The maximum atomic E-state index is 12.8. The molecule has 146 valence electrons. The lowest BCUT2D eigenvalue weighted by Crippen LogP contribution is -2.38. The topological polar surface area (TPSA) is 67.4 Å². The van der Waals surface area contributed by atoms with Crippen molar-refractivity contribution in [2.75, 3.05) is 5.32 Å². The molecule has 1 aliphatic carbocycles. The highest BCUT2D eigenvalue weighted by atomic mass is 32.1. The molecule has 2 aromatic carbocycles. The molecule has 2 N–H and O–H groups in total. The van der Waals surface area contributed by atoms with Crippen LogP contribution in [-0.4, -0.2) is 11.9 Å². The monoisotopic (exact) mass is 404 g/mol. The quantitative estimate of drug-likeness (QED) is 0.490. The molecule has 6 heteroatoms. The first-order chi connectivity index (χ1) is 14.2. The van der Waals surface area contributed by atoms with Crippen molar-refractivity contribution >= 4 is 28.2 Å². The molecule has 2 aliphatic rings. The van der Waals surface area contributed by atoms with E-state index in [-0.39, 0.29) is 12.1 Å². The number of carbonyl (C=O) groups excluding carboxylic acids is 2. The number of esters is 1. The zero-order chi connectivity index (χ0) is 19.8. The van der Waals surface area contributed by atoms with Crippen LogP contribution < -0.4 is 15.4 Å². The van der Waals surface area contributed by atoms with Crippen molar-refractivity contribution < 1.29 is 14.3 Å². The predicted octanol–water partition coefficient (Wildman–Crippen LogP) is 4.70. The summed E-state index contributed by atoms with van der Waals surface area (Å²) in [5, 5.41) is 7.49. The second-order valence-electron chi connectivity index (χ2n) is 7.29. The molecule has 0 spiro atoms. The summed E-state index contributed by atoms with van der Waals surface area (Å²) >= 11 is 1.71. The third-order valence-electron chi connectivity index (χ3n) is 5.38. The number of thiophene rings is 1. The van der Waals surface area contributed by atoms with E-state index >= 15 is 0 Å². The molecule has 1 amide bonds. The smallest absolute Gasteiger partial charge is 0.343 e. The molecule has 1 aliphatic heterocycles. The first-order valence-electron chi connectivity index (χ1n) is 9.78. The number of carbonyl (C=O) groups is 2. The molecule has 0 bridgehead atoms. The second-order valence-corrected chi connectivity index (χ2v) is 8.40. The van der Waals surface area contributed by atoms with Crippen LogP contribution in [-0.2, 0) is 12.8 Å². The van der Waals surface area contributed by atoms with Gasteiger partial charge in [-0.05, 0) is 61.1 Å². The van der Waals surface area contributed by atoms with Gasteiger partial charge < -0.3 is 15.4 Å². The summed E-state index contributed by atoms with van der Waals surface area (Å²) in [4.78, 5) is 26.3. The van der Waals surface area contributed by atoms with E-state index < -0.39 is 5.97 Å². The van der Waals surface area contributed by atoms with Gasteiger partial charge in [0.2, 0.25) is 0 Å². The van der Waals surface area contributed by atoms with Crippen LogP contribution in [0.25, 0.3) is 0 Å². The number of aryl methyl sites for hydroxylation is 1. The molecule has 5 nitrogen and oxygen atoms in total. The number of ether oxygens (including phenoxy) is 1. The van der Waals surface area contributed by atoms with E-state index in [0.717, 1.165) is 35.4 Å². The Bertz CT molecular complexity index is 1070. The zero-order valence-electron chi connectivity index (χ0n) is 15.7. The van der Waals surface area contributed by atoms with Crippen molar-refractivity contribution in [3.05, 3.63) is 81.7 Å². The van der Waals surface area contributed by atoms with E-state index in [1.165, 1.54) is 16.9 Å². The van der Waals surface area contributed by atoms with E-state index in [1.807, 2.05) is 18.2 Å². The summed E-state index contributed by atoms with van der Waals surface area (Å²) < 4.78 is 5.43. The first kappa shape index (κ1) is 17.9. The maximum Gasteiger partial charge on any atom is 0.343 e. The highest BCUT2D eigenvalue weighted by Crippen LogP contribution is 2.41. The number of rotatable bonds is 3. The largest absolute Gasteiger partial charge is 0.423 e. The Morgan fingerprint density at radius 1 is 0.966 bits per heavy atom. The molecule has 0 saturated heterocycles. The van der Waals surface area contributed by atoms with Crippen LogP contribution in [0.2, 0.25) is 0 Å². The third-order valence-corrected chi connectivity index (χ3v) is 6.61. The van der Waals surface area contributed by atoms with E-state index in [9.17, 15) is 9.59 Å². The Hall–Kier alpha value is -3.12. The summed E-state index contributed by atoms with van der Waals surface area (Å²) in [5.74, 6) is 0.0657. The number of amides is 1. The van der Waals surface area contributed by atoms with Gasteiger partial charge in [0.05, 0.1) is 11.1 Å². The van der Waals surface area contributed by atoms with Crippen LogP contribution in [0.15, 0.2) is 54.6 Å². The van der Waals surface area contributed by atoms with Crippen LogP contribution in [0.1, 0.15) is 55.7 Å². The number of hydrogen-bond donors (Lipinski definition) is 2. The van der Waals surface area contributed by atoms with Gasteiger partial charge in [-0.2, -0.15) is 0 Å². The van der Waals surface area contributed by atoms with Gasteiger partial charge in [-0.3, -0.25) is 4.79 Å². The fourth-order valence-electron chi connectivity index (χ4n) is 3.91. The van der Waals surface area contributed by atoms with E-state index in [4.69, 9.17) is 4.74 Å². The minimum Gasteiger partial charge on any atom is -0.423 e. The molecule has 0 saturated carbocycles. The molecular formula is C23H20N2O3S. The maximum absolute atomic E-state index is 12.8. The standard InChI is InChI=1S/C23H20N2O3S/c26-21-19-17-8-4-5-9-18(17)29-22(19)25-20(24-21)14-10-12-16(13-11-14)28-23(27)15-6-2-1-3-7-15/h1-3,6-7,10-13,20,25H,4-5,8-9H2,(H,24,26). The minimum atomic E-state index is -0.392. The van der Waals surface area contributed by atoms with Crippen LogP contribution in [0, 0.1) is 0 Å². The molecule has 0 fully saturated rings. The van der Waals surface area contributed by atoms with Crippen LogP contribution in [0.5, 0.6) is 5.75 Å². The molecule has 2 heterocycles. The molecule has 0 radical (unpaired) electrons. The van der Waals surface area contributed by atoms with Gasteiger partial charge in [0.25, 0.3) is 5.91 Å². The van der Waals surface area contributed by atoms with Gasteiger partial charge in [-0.1, -0.05) is 30.3 Å². The number of fused-ring (bicyclic) bond motifs is 3. The minimum absolute atomic E-state index is 0.0114.